The molecule has 98 valence electrons. The van der Waals surface area contributed by atoms with E-state index in [-0.39, 0.29) is 5.92 Å². The largest absolute Gasteiger partial charge is 0.397 e. The van der Waals surface area contributed by atoms with Crippen molar-refractivity contribution in [1.82, 2.24) is 15.1 Å². The Morgan fingerprint density at radius 3 is 2.95 bits per heavy atom. The number of hydrogen-bond acceptors (Lipinski definition) is 5. The number of nitrogens with zero attached hydrogens (tertiary/aromatic N) is 3. The average Bonchev–Trinajstić information content (AvgIpc) is 2.90. The Labute approximate surface area is 115 Å². The summed E-state index contributed by atoms with van der Waals surface area (Å²) in [5.74, 6) is 1.39. The number of pyridine rings is 1. The molecule has 4 rings (SSSR count). The smallest absolute Gasteiger partial charge is 0.260 e. The molecule has 1 aliphatic rings. The quantitative estimate of drug-likeness (QED) is 0.769. The van der Waals surface area contributed by atoms with Crippen molar-refractivity contribution >= 4 is 5.69 Å². The van der Waals surface area contributed by atoms with Gasteiger partial charge in [-0.2, -0.15) is 4.98 Å². The molecule has 1 aromatic carbocycles. The van der Waals surface area contributed by atoms with E-state index in [0.29, 0.717) is 11.6 Å². The minimum atomic E-state index is 0.228. The Morgan fingerprint density at radius 1 is 1.20 bits per heavy atom. The molecular weight excluding hydrogens is 252 g/mol. The molecule has 2 heterocycles. The van der Waals surface area contributed by atoms with Crippen molar-refractivity contribution in [3.05, 3.63) is 59.7 Å². The molecule has 2 aromatic heterocycles. The van der Waals surface area contributed by atoms with Crippen LogP contribution in [0.5, 0.6) is 0 Å². The summed E-state index contributed by atoms with van der Waals surface area (Å²) in [5, 5.41) is 4.09. The maximum absolute atomic E-state index is 5.87. The summed E-state index contributed by atoms with van der Waals surface area (Å²) < 4.78 is 5.33. The van der Waals surface area contributed by atoms with Crippen LogP contribution in [0.1, 0.15) is 22.9 Å². The third-order valence-corrected chi connectivity index (χ3v) is 3.69. The molecule has 20 heavy (non-hydrogen) atoms. The van der Waals surface area contributed by atoms with Crippen LogP contribution in [0.15, 0.2) is 47.2 Å². The lowest BCUT2D eigenvalue weighted by molar-refractivity contribution is 0.416. The Bertz CT molecular complexity index is 781. The SMILES string of the molecule is Nc1cnccc1-c1nc(C2Cc3ccccc32)no1. The predicted molar refractivity (Wildman–Crippen MR) is 73.9 cm³/mol. The molecule has 0 fully saturated rings. The molecule has 1 atom stereocenters. The zero-order valence-corrected chi connectivity index (χ0v) is 10.7. The Balaban J connectivity index is 1.69. The van der Waals surface area contributed by atoms with Crippen LogP contribution in [-0.2, 0) is 6.42 Å². The van der Waals surface area contributed by atoms with Gasteiger partial charge in [-0.3, -0.25) is 4.98 Å². The Kier molecular flexibility index (Phi) is 2.32. The van der Waals surface area contributed by atoms with Gasteiger partial charge in [-0.15, -0.1) is 0 Å². The fraction of sp³-hybridized carbons (Fsp3) is 0.133. The highest BCUT2D eigenvalue weighted by molar-refractivity contribution is 5.68. The van der Waals surface area contributed by atoms with Gasteiger partial charge in [0.1, 0.15) is 0 Å². The van der Waals surface area contributed by atoms with E-state index in [1.54, 1.807) is 18.5 Å². The van der Waals surface area contributed by atoms with Gasteiger partial charge in [0.2, 0.25) is 0 Å². The van der Waals surface area contributed by atoms with Crippen LogP contribution in [0.4, 0.5) is 5.69 Å². The van der Waals surface area contributed by atoms with E-state index in [0.717, 1.165) is 17.8 Å². The number of benzene rings is 1. The van der Waals surface area contributed by atoms with Crippen LogP contribution in [0.2, 0.25) is 0 Å². The van der Waals surface area contributed by atoms with Gasteiger partial charge in [0.25, 0.3) is 5.89 Å². The highest BCUT2D eigenvalue weighted by atomic mass is 16.5. The molecule has 0 bridgehead atoms. The standard InChI is InChI=1S/C15H12N4O/c16-13-8-17-6-5-11(13)15-18-14(19-20-15)12-7-9-3-1-2-4-10(9)12/h1-6,8,12H,7,16H2. The first-order chi connectivity index (χ1) is 9.83. The van der Waals surface area contributed by atoms with Gasteiger partial charge in [-0.1, -0.05) is 29.4 Å². The molecule has 5 nitrogen and oxygen atoms in total. The van der Waals surface area contributed by atoms with Crippen LogP contribution in [0.3, 0.4) is 0 Å². The summed E-state index contributed by atoms with van der Waals surface area (Å²) in [6, 6.07) is 10.1. The van der Waals surface area contributed by atoms with Crippen molar-refractivity contribution < 1.29 is 4.52 Å². The topological polar surface area (TPSA) is 77.8 Å². The van der Waals surface area contributed by atoms with Gasteiger partial charge in [0.15, 0.2) is 5.82 Å². The van der Waals surface area contributed by atoms with Crippen LogP contribution in [0.25, 0.3) is 11.5 Å². The lowest BCUT2D eigenvalue weighted by atomic mass is 9.77. The number of rotatable bonds is 2. The van der Waals surface area contributed by atoms with Gasteiger partial charge >= 0.3 is 0 Å². The summed E-state index contributed by atoms with van der Waals surface area (Å²) in [5.41, 5.74) is 9.77. The number of nitrogens with two attached hydrogens (primary N) is 1. The molecule has 0 aliphatic heterocycles. The molecule has 5 heteroatoms. The number of fused-ring (bicyclic) bond motifs is 1. The van der Waals surface area contributed by atoms with Gasteiger partial charge in [0, 0.05) is 6.20 Å². The van der Waals surface area contributed by atoms with Gasteiger partial charge in [0.05, 0.1) is 23.4 Å². The second-order valence-electron chi connectivity index (χ2n) is 4.88. The van der Waals surface area contributed by atoms with Crippen molar-refractivity contribution in [2.45, 2.75) is 12.3 Å². The van der Waals surface area contributed by atoms with E-state index in [1.807, 2.05) is 12.1 Å². The minimum Gasteiger partial charge on any atom is -0.397 e. The zero-order valence-electron chi connectivity index (χ0n) is 10.7. The summed E-state index contributed by atoms with van der Waals surface area (Å²) in [6.45, 7) is 0. The summed E-state index contributed by atoms with van der Waals surface area (Å²) >= 11 is 0. The molecule has 1 unspecified atom stereocenters. The average molecular weight is 264 g/mol. The monoisotopic (exact) mass is 264 g/mol. The number of aromatic nitrogens is 3. The van der Waals surface area contributed by atoms with E-state index in [9.17, 15) is 0 Å². The fourth-order valence-electron chi connectivity index (χ4n) is 2.58. The summed E-state index contributed by atoms with van der Waals surface area (Å²) in [4.78, 5) is 8.43. The Hall–Kier alpha value is -2.69. The number of hydrogen-bond donors (Lipinski definition) is 1. The molecule has 0 spiro atoms. The maximum Gasteiger partial charge on any atom is 0.260 e. The molecule has 2 N–H and O–H groups in total. The number of nitrogen functional groups attached to an aromatic ring is 1. The first kappa shape index (κ1) is 11.2. The van der Waals surface area contributed by atoms with Crippen LogP contribution in [0, 0.1) is 0 Å². The third-order valence-electron chi connectivity index (χ3n) is 3.69. The Morgan fingerprint density at radius 2 is 2.10 bits per heavy atom. The second kappa shape index (κ2) is 4.16. The first-order valence-corrected chi connectivity index (χ1v) is 6.44. The first-order valence-electron chi connectivity index (χ1n) is 6.44. The van der Waals surface area contributed by atoms with Gasteiger partial charge < -0.3 is 10.3 Å². The molecule has 0 radical (unpaired) electrons. The summed E-state index contributed by atoms with van der Waals surface area (Å²) in [7, 11) is 0. The van der Waals surface area contributed by atoms with Crippen molar-refractivity contribution in [1.29, 1.82) is 0 Å². The third kappa shape index (κ3) is 1.60. The summed E-state index contributed by atoms with van der Waals surface area (Å²) in [6.07, 6.45) is 4.20. The molecule has 0 saturated heterocycles. The van der Waals surface area contributed by atoms with E-state index in [1.165, 1.54) is 11.1 Å². The predicted octanol–water partition coefficient (Wildman–Crippen LogP) is 2.40. The van der Waals surface area contributed by atoms with Crippen molar-refractivity contribution in [3.8, 4) is 11.5 Å². The second-order valence-corrected chi connectivity index (χ2v) is 4.88. The lowest BCUT2D eigenvalue weighted by Crippen LogP contribution is -2.19. The molecule has 3 aromatic rings. The van der Waals surface area contributed by atoms with E-state index < -0.39 is 0 Å². The van der Waals surface area contributed by atoms with Crippen molar-refractivity contribution in [2.75, 3.05) is 5.73 Å². The van der Waals surface area contributed by atoms with Gasteiger partial charge in [-0.25, -0.2) is 0 Å². The van der Waals surface area contributed by atoms with Crippen molar-refractivity contribution in [3.63, 3.8) is 0 Å². The highest BCUT2D eigenvalue weighted by Crippen LogP contribution is 2.39. The van der Waals surface area contributed by atoms with Crippen LogP contribution in [-0.4, -0.2) is 15.1 Å². The lowest BCUT2D eigenvalue weighted by Gasteiger charge is -2.27. The van der Waals surface area contributed by atoms with E-state index in [2.05, 4.69) is 27.3 Å². The van der Waals surface area contributed by atoms with Crippen molar-refractivity contribution in [2.24, 2.45) is 0 Å². The molecule has 0 amide bonds. The fourth-order valence-corrected chi connectivity index (χ4v) is 2.58. The normalized spacial score (nSPS) is 16.5. The molecule has 1 aliphatic carbocycles. The minimum absolute atomic E-state index is 0.228. The molecular formula is C15H12N4O. The van der Waals surface area contributed by atoms with Crippen LogP contribution >= 0.6 is 0 Å². The molecule has 0 saturated carbocycles. The highest BCUT2D eigenvalue weighted by Gasteiger charge is 2.31. The van der Waals surface area contributed by atoms with E-state index in [4.69, 9.17) is 10.3 Å². The zero-order chi connectivity index (χ0) is 13.5. The number of anilines is 1. The maximum atomic E-state index is 5.87. The van der Waals surface area contributed by atoms with Gasteiger partial charge in [-0.05, 0) is 23.6 Å². The van der Waals surface area contributed by atoms with Crippen LogP contribution < -0.4 is 5.73 Å². The van der Waals surface area contributed by atoms with E-state index >= 15 is 0 Å².